The molecule has 0 aliphatic carbocycles. The first kappa shape index (κ1) is 14.0. The Morgan fingerprint density at radius 3 is 2.60 bits per heavy atom. The van der Waals surface area contributed by atoms with Crippen LogP contribution in [-0.2, 0) is 14.3 Å². The van der Waals surface area contributed by atoms with Gasteiger partial charge in [0.05, 0.1) is 0 Å². The highest BCUT2D eigenvalue weighted by Gasteiger charge is 2.11. The molecule has 0 aliphatic heterocycles. The van der Waals surface area contributed by atoms with Gasteiger partial charge in [-0.25, -0.2) is 4.79 Å². The minimum Gasteiger partial charge on any atom is -0.445 e. The summed E-state index contributed by atoms with van der Waals surface area (Å²) in [5, 5.41) is 0.249. The number of ether oxygens (including phenoxy) is 2. The number of carbonyl (C=O) groups excluding carboxylic acids is 1. The van der Waals surface area contributed by atoms with Crippen LogP contribution in [0.1, 0.15) is 33.6 Å². The number of unbranched alkanes of at least 4 members (excludes halogenated alkanes) is 1. The Bertz CT molecular complexity index is 259. The zero-order chi connectivity index (χ0) is 11.8. The molecule has 0 spiro atoms. The number of hydrogen-bond donors (Lipinski definition) is 0. The Labute approximate surface area is 95.7 Å². The molecule has 1 unspecified atom stereocenters. The number of halogens is 1. The van der Waals surface area contributed by atoms with Gasteiger partial charge in [0.1, 0.15) is 0 Å². The van der Waals surface area contributed by atoms with Crippen molar-refractivity contribution in [3.8, 4) is 0 Å². The average molecular weight is 233 g/mol. The Morgan fingerprint density at radius 1 is 1.53 bits per heavy atom. The molecule has 0 aromatic carbocycles. The van der Waals surface area contributed by atoms with Gasteiger partial charge in [0.15, 0.2) is 5.22 Å². The zero-order valence-electron chi connectivity index (χ0n) is 9.38. The second-order valence-corrected chi connectivity index (χ2v) is 3.54. The van der Waals surface area contributed by atoms with E-state index in [4.69, 9.17) is 21.1 Å². The van der Waals surface area contributed by atoms with Gasteiger partial charge in [-0.15, -0.1) is 0 Å². The molecule has 0 heterocycles. The van der Waals surface area contributed by atoms with Crippen LogP contribution in [0.25, 0.3) is 0 Å². The fourth-order valence-electron chi connectivity index (χ4n) is 0.740. The molecule has 0 amide bonds. The van der Waals surface area contributed by atoms with Crippen molar-refractivity contribution < 1.29 is 14.3 Å². The Balaban J connectivity index is 3.97. The van der Waals surface area contributed by atoms with Crippen molar-refractivity contribution in [2.75, 3.05) is 0 Å². The number of allylic oxidation sites excluding steroid dienone is 1. The predicted octanol–water partition coefficient (Wildman–Crippen LogP) is 3.35. The lowest BCUT2D eigenvalue weighted by Gasteiger charge is -2.14. The van der Waals surface area contributed by atoms with Gasteiger partial charge in [0.2, 0.25) is 6.29 Å². The number of hydrogen-bond acceptors (Lipinski definition) is 3. The molecule has 0 aliphatic rings. The minimum absolute atomic E-state index is 0.249. The van der Waals surface area contributed by atoms with Crippen molar-refractivity contribution in [2.45, 2.75) is 39.9 Å². The van der Waals surface area contributed by atoms with Gasteiger partial charge >= 0.3 is 5.97 Å². The van der Waals surface area contributed by atoms with E-state index in [-0.39, 0.29) is 5.22 Å². The van der Waals surface area contributed by atoms with Crippen LogP contribution in [0.15, 0.2) is 23.4 Å². The zero-order valence-corrected chi connectivity index (χ0v) is 10.1. The second kappa shape index (κ2) is 7.35. The van der Waals surface area contributed by atoms with Crippen molar-refractivity contribution in [3.63, 3.8) is 0 Å². The third-order valence-electron chi connectivity index (χ3n) is 1.49. The van der Waals surface area contributed by atoms with Crippen LogP contribution < -0.4 is 0 Å². The van der Waals surface area contributed by atoms with Crippen LogP contribution in [0.5, 0.6) is 0 Å². The molecule has 0 fully saturated rings. The summed E-state index contributed by atoms with van der Waals surface area (Å²) in [5.41, 5.74) is 0.333. The first-order valence-electron chi connectivity index (χ1n) is 4.86. The Morgan fingerprint density at radius 2 is 2.13 bits per heavy atom. The summed E-state index contributed by atoms with van der Waals surface area (Å²) in [4.78, 5) is 11.1. The normalized spacial score (nSPS) is 13.2. The Kier molecular flexibility index (Phi) is 6.88. The van der Waals surface area contributed by atoms with Gasteiger partial charge in [0.25, 0.3) is 0 Å². The maximum atomic E-state index is 11.1. The van der Waals surface area contributed by atoms with E-state index in [1.807, 2.05) is 6.92 Å². The van der Waals surface area contributed by atoms with Gasteiger partial charge in [-0.05, 0) is 31.0 Å². The van der Waals surface area contributed by atoms with Gasteiger partial charge in [-0.1, -0.05) is 19.9 Å². The summed E-state index contributed by atoms with van der Waals surface area (Å²) in [7, 11) is 0. The van der Waals surface area contributed by atoms with Gasteiger partial charge in [-0.3, -0.25) is 0 Å². The highest BCUT2D eigenvalue weighted by Crippen LogP contribution is 2.11. The van der Waals surface area contributed by atoms with Crippen LogP contribution in [-0.4, -0.2) is 12.3 Å². The van der Waals surface area contributed by atoms with Crippen LogP contribution in [0.3, 0.4) is 0 Å². The fourth-order valence-corrected chi connectivity index (χ4v) is 0.974. The molecular formula is C11H17ClO3. The van der Waals surface area contributed by atoms with E-state index in [0.29, 0.717) is 5.57 Å². The van der Waals surface area contributed by atoms with Gasteiger partial charge < -0.3 is 9.47 Å². The SMILES string of the molecule is C=C(C)C(=O)OC(C)O/C(Cl)=C/CCC. The summed E-state index contributed by atoms with van der Waals surface area (Å²) in [6, 6.07) is 0. The van der Waals surface area contributed by atoms with Crippen molar-refractivity contribution >= 4 is 17.6 Å². The van der Waals surface area contributed by atoms with Gasteiger partial charge in [0, 0.05) is 12.5 Å². The van der Waals surface area contributed by atoms with Crippen LogP contribution >= 0.6 is 11.6 Å². The summed E-state index contributed by atoms with van der Waals surface area (Å²) in [6.45, 7) is 8.67. The lowest BCUT2D eigenvalue weighted by molar-refractivity contribution is -0.161. The molecule has 86 valence electrons. The minimum atomic E-state index is -0.699. The van der Waals surface area contributed by atoms with E-state index in [0.717, 1.165) is 12.8 Å². The maximum Gasteiger partial charge on any atom is 0.336 e. The molecule has 0 bridgehead atoms. The second-order valence-electron chi connectivity index (χ2n) is 3.17. The van der Waals surface area contributed by atoms with E-state index >= 15 is 0 Å². The summed E-state index contributed by atoms with van der Waals surface area (Å²) in [6.07, 6.45) is 2.86. The van der Waals surface area contributed by atoms with Gasteiger partial charge in [-0.2, -0.15) is 0 Å². The summed E-state index contributed by atoms with van der Waals surface area (Å²) in [5.74, 6) is -0.484. The molecular weight excluding hydrogens is 216 g/mol. The Hall–Kier alpha value is -0.960. The van der Waals surface area contributed by atoms with E-state index in [2.05, 4.69) is 6.58 Å². The molecule has 3 nitrogen and oxygen atoms in total. The van der Waals surface area contributed by atoms with Crippen LogP contribution in [0, 0.1) is 0 Å². The average Bonchev–Trinajstić information content (AvgIpc) is 2.14. The number of esters is 1. The molecule has 0 saturated carbocycles. The lowest BCUT2D eigenvalue weighted by atomic mass is 10.3. The topological polar surface area (TPSA) is 35.5 Å². The molecule has 0 saturated heterocycles. The fraction of sp³-hybridized carbons (Fsp3) is 0.545. The third kappa shape index (κ3) is 7.03. The molecule has 0 radical (unpaired) electrons. The van der Waals surface area contributed by atoms with Crippen molar-refractivity contribution in [3.05, 3.63) is 23.4 Å². The van der Waals surface area contributed by atoms with E-state index < -0.39 is 12.3 Å². The molecule has 0 rings (SSSR count). The molecule has 15 heavy (non-hydrogen) atoms. The lowest BCUT2D eigenvalue weighted by Crippen LogP contribution is -2.17. The molecule has 1 atom stereocenters. The largest absolute Gasteiger partial charge is 0.445 e. The molecule has 0 aromatic heterocycles. The summed E-state index contributed by atoms with van der Waals surface area (Å²) >= 11 is 5.74. The quantitative estimate of drug-likeness (QED) is 0.305. The monoisotopic (exact) mass is 232 g/mol. The highest BCUT2D eigenvalue weighted by atomic mass is 35.5. The number of rotatable bonds is 6. The van der Waals surface area contributed by atoms with Crippen LogP contribution in [0.4, 0.5) is 0 Å². The number of carbonyl (C=O) groups is 1. The molecule has 4 heteroatoms. The smallest absolute Gasteiger partial charge is 0.336 e. The van der Waals surface area contributed by atoms with Crippen molar-refractivity contribution in [1.82, 2.24) is 0 Å². The molecule has 0 aromatic rings. The van der Waals surface area contributed by atoms with E-state index in [1.165, 1.54) is 0 Å². The third-order valence-corrected chi connectivity index (χ3v) is 1.74. The first-order valence-corrected chi connectivity index (χ1v) is 5.24. The van der Waals surface area contributed by atoms with Crippen LogP contribution in [0.2, 0.25) is 0 Å². The maximum absolute atomic E-state index is 11.1. The highest BCUT2D eigenvalue weighted by molar-refractivity contribution is 6.28. The first-order chi connectivity index (χ1) is 6.97. The summed E-state index contributed by atoms with van der Waals surface area (Å²) < 4.78 is 9.99. The van der Waals surface area contributed by atoms with Crippen molar-refractivity contribution in [1.29, 1.82) is 0 Å². The van der Waals surface area contributed by atoms with E-state index in [9.17, 15) is 4.79 Å². The van der Waals surface area contributed by atoms with E-state index in [1.54, 1.807) is 19.9 Å². The predicted molar refractivity (Wildman–Crippen MR) is 60.3 cm³/mol. The molecule has 0 N–H and O–H groups in total. The van der Waals surface area contributed by atoms with Crippen molar-refractivity contribution in [2.24, 2.45) is 0 Å². The standard InChI is InChI=1S/C11H17ClO3/c1-5-6-7-10(12)14-9(4)15-11(13)8(2)3/h7,9H,2,5-6H2,1,3-4H3/b10-7+.